The second-order valence-electron chi connectivity index (χ2n) is 10.1. The molecule has 3 amide bonds. The van der Waals surface area contributed by atoms with Gasteiger partial charge in [0.15, 0.2) is 0 Å². The molecule has 1 unspecified atom stereocenters. The summed E-state index contributed by atoms with van der Waals surface area (Å²) in [4.78, 5) is 44.4. The second kappa shape index (κ2) is 12.5. The quantitative estimate of drug-likeness (QED) is 0.457. The molecular formula is C28H32ClF3N4O4. The van der Waals surface area contributed by atoms with E-state index >= 15 is 0 Å². The average molecular weight is 581 g/mol. The summed E-state index contributed by atoms with van der Waals surface area (Å²) in [6, 6.07) is 9.82. The molecule has 2 saturated heterocycles. The Labute approximate surface area is 235 Å². The maximum Gasteiger partial charge on any atom is 0.416 e. The van der Waals surface area contributed by atoms with Gasteiger partial charge in [-0.1, -0.05) is 41.4 Å². The minimum absolute atomic E-state index is 0.000546. The van der Waals surface area contributed by atoms with Crippen molar-refractivity contribution in [2.75, 3.05) is 19.6 Å². The fraction of sp³-hybridized carbons (Fsp3) is 0.464. The number of halogens is 4. The zero-order valence-electron chi connectivity index (χ0n) is 22.1. The largest absolute Gasteiger partial charge is 0.444 e. The smallest absolute Gasteiger partial charge is 0.416 e. The van der Waals surface area contributed by atoms with Crippen molar-refractivity contribution in [2.24, 2.45) is 5.73 Å². The number of amides is 3. The molecule has 8 nitrogen and oxygen atoms in total. The lowest BCUT2D eigenvalue weighted by molar-refractivity contribution is -0.169. The van der Waals surface area contributed by atoms with Gasteiger partial charge in [0, 0.05) is 24.5 Å². The van der Waals surface area contributed by atoms with E-state index in [1.165, 1.54) is 22.8 Å². The summed E-state index contributed by atoms with van der Waals surface area (Å²) in [7, 11) is 0. The summed E-state index contributed by atoms with van der Waals surface area (Å²) in [6.45, 7) is 1.89. The van der Waals surface area contributed by atoms with Crippen LogP contribution in [0.15, 0.2) is 42.5 Å². The van der Waals surface area contributed by atoms with E-state index in [0.717, 1.165) is 17.7 Å². The maximum absolute atomic E-state index is 13.6. The lowest BCUT2D eigenvalue weighted by Crippen LogP contribution is -2.71. The first-order chi connectivity index (χ1) is 19.0. The van der Waals surface area contributed by atoms with E-state index in [4.69, 9.17) is 22.1 Å². The highest BCUT2D eigenvalue weighted by atomic mass is 35.5. The Morgan fingerprint density at radius 1 is 1.15 bits per heavy atom. The highest BCUT2D eigenvalue weighted by molar-refractivity contribution is 6.31. The van der Waals surface area contributed by atoms with Crippen molar-refractivity contribution in [3.8, 4) is 0 Å². The molecule has 2 aliphatic heterocycles. The van der Waals surface area contributed by atoms with E-state index < -0.39 is 30.0 Å². The summed E-state index contributed by atoms with van der Waals surface area (Å²) in [6.07, 6.45) is -4.43. The number of carbonyl (C=O) groups is 3. The summed E-state index contributed by atoms with van der Waals surface area (Å²) in [5, 5.41) is 0.491. The summed E-state index contributed by atoms with van der Waals surface area (Å²) >= 11 is 6.35. The Morgan fingerprint density at radius 2 is 1.90 bits per heavy atom. The molecule has 40 heavy (non-hydrogen) atoms. The SMILES string of the molecule is Cc1cc(COC(=O)N2CCC(=O)N3C2CN(Cc2ccccc2Cl)C(=O)[C@@H]3CCCCN)cc(C(F)(F)F)c1. The third-order valence-corrected chi connectivity index (χ3v) is 7.53. The molecule has 2 atom stereocenters. The molecule has 2 aromatic carbocycles. The first kappa shape index (κ1) is 29.7. The summed E-state index contributed by atoms with van der Waals surface area (Å²) in [5.74, 6) is -0.484. The molecule has 12 heteroatoms. The molecule has 2 heterocycles. The Balaban J connectivity index is 1.56. The number of benzene rings is 2. The van der Waals surface area contributed by atoms with Crippen molar-refractivity contribution in [1.82, 2.24) is 14.7 Å². The van der Waals surface area contributed by atoms with Gasteiger partial charge in [0.05, 0.1) is 12.1 Å². The first-order valence-corrected chi connectivity index (χ1v) is 13.5. The van der Waals surface area contributed by atoms with Crippen LogP contribution in [0.1, 0.15) is 47.9 Å². The molecule has 216 valence electrons. The number of unbranched alkanes of at least 4 members (excludes halogenated alkanes) is 1. The Morgan fingerprint density at radius 3 is 2.60 bits per heavy atom. The number of nitrogens with zero attached hydrogens (tertiary/aromatic N) is 3. The van der Waals surface area contributed by atoms with Crippen molar-refractivity contribution in [1.29, 1.82) is 0 Å². The van der Waals surface area contributed by atoms with Gasteiger partial charge in [-0.2, -0.15) is 13.2 Å². The highest BCUT2D eigenvalue weighted by Crippen LogP contribution is 2.32. The zero-order chi connectivity index (χ0) is 29.0. The van der Waals surface area contributed by atoms with E-state index in [1.807, 2.05) is 6.07 Å². The van der Waals surface area contributed by atoms with Gasteiger partial charge >= 0.3 is 12.3 Å². The molecule has 2 fully saturated rings. The number of fused-ring (bicyclic) bond motifs is 1. The molecule has 0 bridgehead atoms. The van der Waals surface area contributed by atoms with Gasteiger partial charge in [-0.15, -0.1) is 0 Å². The first-order valence-electron chi connectivity index (χ1n) is 13.1. The lowest BCUT2D eigenvalue weighted by atomic mass is 9.98. The Kier molecular flexibility index (Phi) is 9.25. The predicted octanol–water partition coefficient (Wildman–Crippen LogP) is 4.70. The summed E-state index contributed by atoms with van der Waals surface area (Å²) < 4.78 is 45.2. The maximum atomic E-state index is 13.6. The van der Waals surface area contributed by atoms with Crippen LogP contribution in [0.4, 0.5) is 18.0 Å². The molecule has 0 aliphatic carbocycles. The Hall–Kier alpha value is -3.31. The van der Waals surface area contributed by atoms with Crippen LogP contribution in [-0.2, 0) is 33.7 Å². The second-order valence-corrected chi connectivity index (χ2v) is 10.5. The number of carbonyl (C=O) groups excluding carboxylic acids is 3. The van der Waals surface area contributed by atoms with Gasteiger partial charge in [-0.3, -0.25) is 14.5 Å². The van der Waals surface area contributed by atoms with Crippen LogP contribution in [0, 0.1) is 6.92 Å². The van der Waals surface area contributed by atoms with Crippen LogP contribution in [0.25, 0.3) is 0 Å². The lowest BCUT2D eigenvalue weighted by Gasteiger charge is -2.52. The standard InChI is InChI=1S/C28H32ClF3N4O4/c1-18-12-19(14-21(13-18)28(30,31)32)17-40-27(39)35-11-9-25(37)36-23(8-4-5-10-33)26(38)34(16-24(35)36)15-20-6-2-3-7-22(20)29/h2-3,6-7,12-14,23-24H,4-5,8-11,15-17,33H2,1H3/t23-,24?/m0/s1. The molecule has 0 spiro atoms. The van der Waals surface area contributed by atoms with Crippen molar-refractivity contribution in [2.45, 2.75) is 64.1 Å². The van der Waals surface area contributed by atoms with E-state index in [2.05, 4.69) is 0 Å². The topological polar surface area (TPSA) is 96.2 Å². The third kappa shape index (κ3) is 6.69. The number of nitrogens with two attached hydrogens (primary N) is 1. The number of ether oxygens (including phenoxy) is 1. The number of piperazine rings is 1. The van der Waals surface area contributed by atoms with Crippen molar-refractivity contribution >= 4 is 29.5 Å². The molecule has 2 aliphatic rings. The fourth-order valence-corrected chi connectivity index (χ4v) is 5.46. The van der Waals surface area contributed by atoms with Crippen molar-refractivity contribution in [3.05, 3.63) is 69.7 Å². The van der Waals surface area contributed by atoms with Crippen LogP contribution in [0.5, 0.6) is 0 Å². The van der Waals surface area contributed by atoms with Crippen LogP contribution in [-0.4, -0.2) is 64.4 Å². The monoisotopic (exact) mass is 580 g/mol. The van der Waals surface area contributed by atoms with Crippen molar-refractivity contribution in [3.63, 3.8) is 0 Å². The van der Waals surface area contributed by atoms with Crippen LogP contribution >= 0.6 is 11.6 Å². The zero-order valence-corrected chi connectivity index (χ0v) is 22.9. The van der Waals surface area contributed by atoms with Gasteiger partial charge in [0.1, 0.15) is 18.8 Å². The van der Waals surface area contributed by atoms with Crippen molar-refractivity contribution < 1.29 is 32.3 Å². The molecule has 2 aromatic rings. The molecular weight excluding hydrogens is 549 g/mol. The summed E-state index contributed by atoms with van der Waals surface area (Å²) in [5.41, 5.74) is 6.13. The molecule has 0 aromatic heterocycles. The van der Waals surface area contributed by atoms with Gasteiger partial charge in [-0.05, 0) is 62.1 Å². The van der Waals surface area contributed by atoms with Gasteiger partial charge < -0.3 is 20.3 Å². The number of hydrogen-bond donors (Lipinski definition) is 1. The van der Waals surface area contributed by atoms with Crippen LogP contribution < -0.4 is 5.73 Å². The van der Waals surface area contributed by atoms with E-state index in [1.54, 1.807) is 23.1 Å². The van der Waals surface area contributed by atoms with E-state index in [9.17, 15) is 27.6 Å². The molecule has 2 N–H and O–H groups in total. The number of aryl methyl sites for hydroxylation is 1. The number of alkyl halides is 3. The number of rotatable bonds is 8. The molecule has 0 saturated carbocycles. The van der Waals surface area contributed by atoms with Gasteiger partial charge in [0.2, 0.25) is 11.8 Å². The van der Waals surface area contributed by atoms with E-state index in [-0.39, 0.29) is 50.0 Å². The fourth-order valence-electron chi connectivity index (χ4n) is 5.27. The molecule has 0 radical (unpaired) electrons. The minimum Gasteiger partial charge on any atom is -0.444 e. The minimum atomic E-state index is -4.53. The van der Waals surface area contributed by atoms with Gasteiger partial charge in [0.25, 0.3) is 0 Å². The van der Waals surface area contributed by atoms with Crippen LogP contribution in [0.3, 0.4) is 0 Å². The third-order valence-electron chi connectivity index (χ3n) is 7.16. The predicted molar refractivity (Wildman–Crippen MR) is 142 cm³/mol. The van der Waals surface area contributed by atoms with Crippen LogP contribution in [0.2, 0.25) is 5.02 Å². The van der Waals surface area contributed by atoms with E-state index in [0.29, 0.717) is 36.4 Å². The number of hydrogen-bond acceptors (Lipinski definition) is 5. The Bertz CT molecular complexity index is 1260. The molecule has 4 rings (SSSR count). The average Bonchev–Trinajstić information content (AvgIpc) is 2.90. The highest BCUT2D eigenvalue weighted by Gasteiger charge is 2.49. The normalized spacial score (nSPS) is 19.6. The van der Waals surface area contributed by atoms with Gasteiger partial charge in [-0.25, -0.2) is 4.79 Å².